The van der Waals surface area contributed by atoms with Crippen LogP contribution in [0.15, 0.2) is 0 Å². The van der Waals surface area contributed by atoms with Gasteiger partial charge >= 0.3 is 5.97 Å². The van der Waals surface area contributed by atoms with E-state index in [1.54, 1.807) is 0 Å². The topological polar surface area (TPSA) is 29.5 Å². The highest BCUT2D eigenvalue weighted by Crippen LogP contribution is 2.24. The van der Waals surface area contributed by atoms with E-state index in [0.29, 0.717) is 5.41 Å². The van der Waals surface area contributed by atoms with Crippen LogP contribution in [0.1, 0.15) is 33.6 Å². The van der Waals surface area contributed by atoms with Crippen molar-refractivity contribution >= 4 is 5.97 Å². The second-order valence-electron chi connectivity index (χ2n) is 5.17. The molecule has 0 amide bonds. The molecule has 0 aromatic carbocycles. The molecule has 0 aliphatic carbocycles. The monoisotopic (exact) mass is 199 g/mol. The van der Waals surface area contributed by atoms with E-state index in [2.05, 4.69) is 25.7 Å². The van der Waals surface area contributed by atoms with Gasteiger partial charge in [-0.15, -0.1) is 0 Å². The lowest BCUT2D eigenvalue weighted by Crippen LogP contribution is -2.53. The predicted molar refractivity (Wildman–Crippen MR) is 56.1 cm³/mol. The van der Waals surface area contributed by atoms with Crippen LogP contribution < -0.4 is 0 Å². The first-order valence-corrected chi connectivity index (χ1v) is 5.26. The Kier molecular flexibility index (Phi) is 3.53. The third-order valence-corrected chi connectivity index (χ3v) is 2.75. The third-order valence-electron chi connectivity index (χ3n) is 2.75. The fourth-order valence-electron chi connectivity index (χ4n) is 1.59. The molecule has 1 aliphatic heterocycles. The summed E-state index contributed by atoms with van der Waals surface area (Å²) < 4.78 is 4.74. The zero-order valence-corrected chi connectivity index (χ0v) is 9.67. The highest BCUT2D eigenvalue weighted by atomic mass is 16.5. The van der Waals surface area contributed by atoms with E-state index in [1.165, 1.54) is 7.11 Å². The van der Waals surface area contributed by atoms with Gasteiger partial charge in [0.25, 0.3) is 0 Å². The van der Waals surface area contributed by atoms with Gasteiger partial charge in [0.05, 0.1) is 7.11 Å². The molecule has 0 bridgehead atoms. The molecule has 0 aromatic heterocycles. The van der Waals surface area contributed by atoms with Crippen molar-refractivity contribution in [3.8, 4) is 0 Å². The Hall–Kier alpha value is -0.570. The summed E-state index contributed by atoms with van der Waals surface area (Å²) >= 11 is 0. The van der Waals surface area contributed by atoms with Crippen molar-refractivity contribution in [3.05, 3.63) is 0 Å². The van der Waals surface area contributed by atoms with Crippen molar-refractivity contribution in [1.29, 1.82) is 0 Å². The first-order chi connectivity index (χ1) is 6.44. The average molecular weight is 199 g/mol. The standard InChI is InChI=1S/C11H21NO2/c1-11(2,3)6-8-12-7-5-9(12)10(13)14-4/h9H,5-8H2,1-4H3. The maximum Gasteiger partial charge on any atom is 0.323 e. The number of carbonyl (C=O) groups is 1. The zero-order valence-electron chi connectivity index (χ0n) is 9.67. The molecule has 1 atom stereocenters. The molecule has 3 heteroatoms. The second kappa shape index (κ2) is 4.30. The van der Waals surface area contributed by atoms with Crippen LogP contribution in [0, 0.1) is 5.41 Å². The van der Waals surface area contributed by atoms with Crippen molar-refractivity contribution in [2.24, 2.45) is 5.41 Å². The highest BCUT2D eigenvalue weighted by molar-refractivity contribution is 5.76. The van der Waals surface area contributed by atoms with Crippen molar-refractivity contribution in [1.82, 2.24) is 4.90 Å². The minimum absolute atomic E-state index is 0.0300. The summed E-state index contributed by atoms with van der Waals surface area (Å²) in [5, 5.41) is 0. The summed E-state index contributed by atoms with van der Waals surface area (Å²) in [5.41, 5.74) is 0.344. The van der Waals surface area contributed by atoms with Crippen LogP contribution in [-0.2, 0) is 9.53 Å². The lowest BCUT2D eigenvalue weighted by atomic mass is 9.90. The van der Waals surface area contributed by atoms with Gasteiger partial charge in [-0.3, -0.25) is 9.69 Å². The lowest BCUT2D eigenvalue weighted by Gasteiger charge is -2.40. The largest absolute Gasteiger partial charge is 0.468 e. The molecule has 1 unspecified atom stereocenters. The number of hydrogen-bond acceptors (Lipinski definition) is 3. The van der Waals surface area contributed by atoms with E-state index in [0.717, 1.165) is 25.9 Å². The van der Waals surface area contributed by atoms with Gasteiger partial charge in [-0.1, -0.05) is 20.8 Å². The summed E-state index contributed by atoms with van der Waals surface area (Å²) in [4.78, 5) is 13.5. The van der Waals surface area contributed by atoms with Gasteiger partial charge < -0.3 is 4.74 Å². The molecule has 0 spiro atoms. The molecule has 3 nitrogen and oxygen atoms in total. The maximum atomic E-state index is 11.3. The van der Waals surface area contributed by atoms with Gasteiger partial charge in [-0.2, -0.15) is 0 Å². The van der Waals surface area contributed by atoms with Crippen LogP contribution in [0.5, 0.6) is 0 Å². The molecule has 0 aromatic rings. The SMILES string of the molecule is COC(=O)C1CCN1CCC(C)(C)C. The lowest BCUT2D eigenvalue weighted by molar-refractivity contribution is -0.152. The molecule has 82 valence electrons. The van der Waals surface area contributed by atoms with Crippen molar-refractivity contribution < 1.29 is 9.53 Å². The normalized spacial score (nSPS) is 23.0. The number of likely N-dealkylation sites (tertiary alicyclic amines) is 1. The Morgan fingerprint density at radius 2 is 2.14 bits per heavy atom. The van der Waals surface area contributed by atoms with Crippen LogP contribution >= 0.6 is 0 Å². The highest BCUT2D eigenvalue weighted by Gasteiger charge is 2.34. The van der Waals surface area contributed by atoms with Gasteiger partial charge in [0, 0.05) is 6.54 Å². The molecule has 0 N–H and O–H groups in total. The van der Waals surface area contributed by atoms with Crippen LogP contribution in [0.25, 0.3) is 0 Å². The summed E-state index contributed by atoms with van der Waals surface area (Å²) in [5.74, 6) is -0.0786. The molecular formula is C11H21NO2. The van der Waals surface area contributed by atoms with Crippen LogP contribution in [-0.4, -0.2) is 37.1 Å². The average Bonchev–Trinajstić information content (AvgIpc) is 2.00. The number of rotatable bonds is 3. The second-order valence-corrected chi connectivity index (χ2v) is 5.17. The molecule has 1 fully saturated rings. The maximum absolute atomic E-state index is 11.3. The molecule has 0 saturated carbocycles. The third kappa shape index (κ3) is 2.98. The number of ether oxygens (including phenoxy) is 1. The summed E-state index contributed by atoms with van der Waals surface area (Å²) in [6, 6.07) is 0.0300. The summed E-state index contributed by atoms with van der Waals surface area (Å²) in [6.45, 7) is 8.71. The van der Waals surface area contributed by atoms with Gasteiger partial charge in [-0.25, -0.2) is 0 Å². The number of nitrogens with zero attached hydrogens (tertiary/aromatic N) is 1. The summed E-state index contributed by atoms with van der Waals surface area (Å²) in [7, 11) is 1.46. The zero-order chi connectivity index (χ0) is 10.8. The smallest absolute Gasteiger partial charge is 0.323 e. The van der Waals surface area contributed by atoms with E-state index >= 15 is 0 Å². The first-order valence-electron chi connectivity index (χ1n) is 5.26. The Balaban J connectivity index is 2.30. The number of carbonyl (C=O) groups excluding carboxylic acids is 1. The van der Waals surface area contributed by atoms with Crippen LogP contribution in [0.2, 0.25) is 0 Å². The Morgan fingerprint density at radius 1 is 1.50 bits per heavy atom. The molecule has 1 rings (SSSR count). The van der Waals surface area contributed by atoms with Gasteiger partial charge in [0.1, 0.15) is 6.04 Å². The molecule has 0 radical (unpaired) electrons. The van der Waals surface area contributed by atoms with Crippen LogP contribution in [0.4, 0.5) is 0 Å². The van der Waals surface area contributed by atoms with E-state index in [4.69, 9.17) is 4.74 Å². The molecule has 1 heterocycles. The number of hydrogen-bond donors (Lipinski definition) is 0. The van der Waals surface area contributed by atoms with E-state index in [9.17, 15) is 4.79 Å². The minimum atomic E-state index is -0.0786. The molecular weight excluding hydrogens is 178 g/mol. The van der Waals surface area contributed by atoms with E-state index in [-0.39, 0.29) is 12.0 Å². The van der Waals surface area contributed by atoms with Gasteiger partial charge in [0.2, 0.25) is 0 Å². The quantitative estimate of drug-likeness (QED) is 0.648. The van der Waals surface area contributed by atoms with Crippen molar-refractivity contribution in [2.75, 3.05) is 20.2 Å². The molecule has 1 aliphatic rings. The Morgan fingerprint density at radius 3 is 2.50 bits per heavy atom. The predicted octanol–water partition coefficient (Wildman–Crippen LogP) is 1.67. The number of esters is 1. The first kappa shape index (κ1) is 11.5. The number of methoxy groups -OCH3 is 1. The van der Waals surface area contributed by atoms with Crippen molar-refractivity contribution in [3.63, 3.8) is 0 Å². The van der Waals surface area contributed by atoms with Gasteiger partial charge in [0.15, 0.2) is 0 Å². The molecule has 14 heavy (non-hydrogen) atoms. The fourth-order valence-corrected chi connectivity index (χ4v) is 1.59. The molecule has 1 saturated heterocycles. The van der Waals surface area contributed by atoms with Gasteiger partial charge in [-0.05, 0) is 24.8 Å². The summed E-state index contributed by atoms with van der Waals surface area (Å²) in [6.07, 6.45) is 2.08. The Labute approximate surface area is 86.4 Å². The fraction of sp³-hybridized carbons (Fsp3) is 0.909. The minimum Gasteiger partial charge on any atom is -0.468 e. The van der Waals surface area contributed by atoms with Crippen molar-refractivity contribution in [2.45, 2.75) is 39.7 Å². The van der Waals surface area contributed by atoms with E-state index in [1.807, 2.05) is 0 Å². The Bertz CT molecular complexity index is 208. The van der Waals surface area contributed by atoms with Crippen LogP contribution in [0.3, 0.4) is 0 Å². The van der Waals surface area contributed by atoms with E-state index < -0.39 is 0 Å².